The van der Waals surface area contributed by atoms with Gasteiger partial charge in [0.05, 0.1) is 5.69 Å². The van der Waals surface area contributed by atoms with Crippen LogP contribution in [-0.2, 0) is 13.1 Å². The summed E-state index contributed by atoms with van der Waals surface area (Å²) in [5.41, 5.74) is 6.16. The number of hydrogen-bond donors (Lipinski definition) is 1. The molecular weight excluding hydrogens is 128 g/mol. The van der Waals surface area contributed by atoms with Gasteiger partial charge in [-0.15, -0.1) is 5.10 Å². The Bertz CT molecular complexity index is 193. The highest BCUT2D eigenvalue weighted by Gasteiger charge is 1.94. The molecule has 0 atom stereocenters. The molecule has 1 aromatic rings. The fourth-order valence-corrected chi connectivity index (χ4v) is 0.703. The molecule has 0 saturated heterocycles. The molecule has 10 heavy (non-hydrogen) atoms. The van der Waals surface area contributed by atoms with Crippen molar-refractivity contribution in [1.82, 2.24) is 15.0 Å². The van der Waals surface area contributed by atoms with Crippen LogP contribution in [0.1, 0.15) is 12.1 Å². The molecule has 0 aliphatic carbocycles. The maximum Gasteiger partial charge on any atom is 0.0962 e. The summed E-state index contributed by atoms with van der Waals surface area (Å²) in [5, 5.41) is 7.64. The van der Waals surface area contributed by atoms with E-state index in [0.717, 1.165) is 18.7 Å². The van der Waals surface area contributed by atoms with Crippen LogP contribution in [0.15, 0.2) is 6.20 Å². The highest BCUT2D eigenvalue weighted by Crippen LogP contribution is 1.91. The van der Waals surface area contributed by atoms with Crippen molar-refractivity contribution >= 4 is 0 Å². The van der Waals surface area contributed by atoms with E-state index in [9.17, 15) is 0 Å². The summed E-state index contributed by atoms with van der Waals surface area (Å²) in [6.07, 6.45) is 2.67. The smallest absolute Gasteiger partial charge is 0.0962 e. The van der Waals surface area contributed by atoms with Crippen LogP contribution in [0.3, 0.4) is 0 Å². The quantitative estimate of drug-likeness (QED) is 0.639. The van der Waals surface area contributed by atoms with E-state index in [4.69, 9.17) is 5.73 Å². The minimum atomic E-state index is 0.455. The lowest BCUT2D eigenvalue weighted by atomic mass is 10.4. The topological polar surface area (TPSA) is 56.7 Å². The molecule has 1 aromatic heterocycles. The standard InChI is InChI=1S/C6H11N4/c1-2-3-10-5-6(4-7)8-9-10/h5H,1-4,7H2. The fourth-order valence-electron chi connectivity index (χ4n) is 0.703. The van der Waals surface area contributed by atoms with E-state index < -0.39 is 0 Å². The predicted molar refractivity (Wildman–Crippen MR) is 37.9 cm³/mol. The lowest BCUT2D eigenvalue weighted by Crippen LogP contribution is -1.97. The van der Waals surface area contributed by atoms with Crippen LogP contribution in [0.25, 0.3) is 0 Å². The summed E-state index contributed by atoms with van der Waals surface area (Å²) in [5.74, 6) is 0. The molecule has 4 nitrogen and oxygen atoms in total. The van der Waals surface area contributed by atoms with Crippen molar-refractivity contribution in [1.29, 1.82) is 0 Å². The molecule has 2 N–H and O–H groups in total. The highest BCUT2D eigenvalue weighted by atomic mass is 15.4. The van der Waals surface area contributed by atoms with Crippen LogP contribution in [0.5, 0.6) is 0 Å². The van der Waals surface area contributed by atoms with Gasteiger partial charge in [0.15, 0.2) is 0 Å². The third-order valence-electron chi connectivity index (χ3n) is 1.18. The zero-order valence-corrected chi connectivity index (χ0v) is 5.82. The molecule has 0 fully saturated rings. The molecule has 0 spiro atoms. The van der Waals surface area contributed by atoms with Crippen LogP contribution < -0.4 is 5.73 Å². The first kappa shape index (κ1) is 7.21. The number of aryl methyl sites for hydroxylation is 1. The van der Waals surface area contributed by atoms with E-state index in [1.807, 2.05) is 6.20 Å². The summed E-state index contributed by atoms with van der Waals surface area (Å²) in [6, 6.07) is 0. The van der Waals surface area contributed by atoms with Crippen LogP contribution in [0, 0.1) is 6.92 Å². The van der Waals surface area contributed by atoms with Gasteiger partial charge in [-0.1, -0.05) is 12.1 Å². The van der Waals surface area contributed by atoms with Crippen LogP contribution in [-0.4, -0.2) is 15.0 Å². The van der Waals surface area contributed by atoms with Gasteiger partial charge < -0.3 is 5.73 Å². The molecular formula is C6H11N4. The first-order valence-corrected chi connectivity index (χ1v) is 3.25. The molecule has 4 heteroatoms. The average molecular weight is 139 g/mol. The molecule has 0 bridgehead atoms. The summed E-state index contributed by atoms with van der Waals surface area (Å²) >= 11 is 0. The summed E-state index contributed by atoms with van der Waals surface area (Å²) in [4.78, 5) is 0. The Morgan fingerprint density at radius 2 is 2.50 bits per heavy atom. The second-order valence-electron chi connectivity index (χ2n) is 2.03. The minimum Gasteiger partial charge on any atom is -0.325 e. The number of nitrogens with two attached hydrogens (primary N) is 1. The maximum atomic E-state index is 5.33. The van der Waals surface area contributed by atoms with Gasteiger partial charge in [0, 0.05) is 19.3 Å². The van der Waals surface area contributed by atoms with E-state index in [-0.39, 0.29) is 0 Å². The second-order valence-corrected chi connectivity index (χ2v) is 2.03. The van der Waals surface area contributed by atoms with E-state index in [2.05, 4.69) is 17.2 Å². The SMILES string of the molecule is [CH2]CCn1cc(CN)nn1. The van der Waals surface area contributed by atoms with Crippen LogP contribution in [0.4, 0.5) is 0 Å². The molecule has 1 radical (unpaired) electrons. The number of aromatic nitrogens is 3. The summed E-state index contributed by atoms with van der Waals surface area (Å²) in [7, 11) is 0. The van der Waals surface area contributed by atoms with E-state index in [1.165, 1.54) is 0 Å². The summed E-state index contributed by atoms with van der Waals surface area (Å²) < 4.78 is 1.75. The average Bonchev–Trinajstić information content (AvgIpc) is 2.37. The van der Waals surface area contributed by atoms with Gasteiger partial charge in [0.1, 0.15) is 0 Å². The molecule has 0 unspecified atom stereocenters. The monoisotopic (exact) mass is 139 g/mol. The third-order valence-corrected chi connectivity index (χ3v) is 1.18. The van der Waals surface area contributed by atoms with E-state index >= 15 is 0 Å². The zero-order valence-electron chi connectivity index (χ0n) is 5.82. The van der Waals surface area contributed by atoms with Crippen molar-refractivity contribution in [2.75, 3.05) is 0 Å². The Kier molecular flexibility index (Phi) is 2.39. The Hall–Kier alpha value is -0.900. The van der Waals surface area contributed by atoms with Crippen molar-refractivity contribution in [2.45, 2.75) is 19.5 Å². The lowest BCUT2D eigenvalue weighted by molar-refractivity contribution is 0.595. The van der Waals surface area contributed by atoms with Gasteiger partial charge in [0.2, 0.25) is 0 Å². The van der Waals surface area contributed by atoms with Crippen molar-refractivity contribution < 1.29 is 0 Å². The Balaban J connectivity index is 2.59. The Labute approximate surface area is 60.0 Å². The molecule has 1 rings (SSSR count). The second kappa shape index (κ2) is 3.31. The van der Waals surface area contributed by atoms with Crippen molar-refractivity contribution in [3.63, 3.8) is 0 Å². The summed E-state index contributed by atoms with van der Waals surface area (Å²) in [6.45, 7) is 4.96. The zero-order chi connectivity index (χ0) is 7.40. The predicted octanol–water partition coefficient (Wildman–Crippen LogP) is -0.0390. The Morgan fingerprint density at radius 3 is 3.00 bits per heavy atom. The fraction of sp³-hybridized carbons (Fsp3) is 0.500. The van der Waals surface area contributed by atoms with E-state index in [0.29, 0.717) is 6.54 Å². The van der Waals surface area contributed by atoms with Crippen molar-refractivity contribution in [3.8, 4) is 0 Å². The third kappa shape index (κ3) is 1.54. The Morgan fingerprint density at radius 1 is 1.70 bits per heavy atom. The lowest BCUT2D eigenvalue weighted by Gasteiger charge is -1.91. The molecule has 0 aromatic carbocycles. The first-order valence-electron chi connectivity index (χ1n) is 3.25. The van der Waals surface area contributed by atoms with E-state index in [1.54, 1.807) is 4.68 Å². The first-order chi connectivity index (χ1) is 4.86. The largest absolute Gasteiger partial charge is 0.325 e. The molecule has 1 heterocycles. The molecule has 0 aliphatic heterocycles. The normalized spacial score (nSPS) is 10.2. The molecule has 0 aliphatic rings. The van der Waals surface area contributed by atoms with Crippen LogP contribution in [0.2, 0.25) is 0 Å². The van der Waals surface area contributed by atoms with Gasteiger partial charge in [-0.3, -0.25) is 4.68 Å². The van der Waals surface area contributed by atoms with Gasteiger partial charge in [-0.25, -0.2) is 0 Å². The minimum absolute atomic E-state index is 0.455. The number of nitrogens with zero attached hydrogens (tertiary/aromatic N) is 3. The maximum absolute atomic E-state index is 5.33. The van der Waals surface area contributed by atoms with Gasteiger partial charge in [0.25, 0.3) is 0 Å². The van der Waals surface area contributed by atoms with Gasteiger partial charge in [-0.05, 0) is 6.42 Å². The molecule has 0 saturated carbocycles. The number of hydrogen-bond acceptors (Lipinski definition) is 3. The van der Waals surface area contributed by atoms with Gasteiger partial charge in [-0.2, -0.15) is 0 Å². The van der Waals surface area contributed by atoms with Crippen molar-refractivity contribution in [2.24, 2.45) is 5.73 Å². The molecule has 55 valence electrons. The van der Waals surface area contributed by atoms with Crippen molar-refractivity contribution in [3.05, 3.63) is 18.8 Å². The number of rotatable bonds is 3. The molecule has 0 amide bonds. The van der Waals surface area contributed by atoms with Gasteiger partial charge >= 0.3 is 0 Å². The van der Waals surface area contributed by atoms with Crippen LogP contribution >= 0.6 is 0 Å². The highest BCUT2D eigenvalue weighted by molar-refractivity contribution is 4.90.